The molecular formula is C13H11Cl2NO. The molecule has 0 radical (unpaired) electrons. The van der Waals surface area contributed by atoms with Gasteiger partial charge in [0.1, 0.15) is 12.4 Å². The number of hydrogen-bond acceptors (Lipinski definition) is 2. The lowest BCUT2D eigenvalue weighted by atomic mass is 10.2. The molecule has 4 heteroatoms. The van der Waals surface area contributed by atoms with Crippen LogP contribution in [-0.2, 0) is 6.61 Å². The van der Waals surface area contributed by atoms with Gasteiger partial charge >= 0.3 is 0 Å². The van der Waals surface area contributed by atoms with Crippen molar-refractivity contribution in [2.24, 2.45) is 0 Å². The molecule has 1 aromatic heterocycles. The van der Waals surface area contributed by atoms with Crippen LogP contribution in [0.25, 0.3) is 0 Å². The predicted molar refractivity (Wildman–Crippen MR) is 69.8 cm³/mol. The van der Waals surface area contributed by atoms with E-state index in [1.807, 2.05) is 13.0 Å². The topological polar surface area (TPSA) is 22.1 Å². The van der Waals surface area contributed by atoms with Crippen LogP contribution in [0, 0.1) is 6.92 Å². The first-order valence-electron chi connectivity index (χ1n) is 5.13. The second-order valence-corrected chi connectivity index (χ2v) is 4.58. The first-order valence-corrected chi connectivity index (χ1v) is 5.89. The molecule has 0 spiro atoms. The van der Waals surface area contributed by atoms with Crippen LogP contribution in [0.4, 0.5) is 0 Å². The van der Waals surface area contributed by atoms with Crippen molar-refractivity contribution < 1.29 is 4.74 Å². The monoisotopic (exact) mass is 267 g/mol. The van der Waals surface area contributed by atoms with Gasteiger partial charge in [-0.2, -0.15) is 0 Å². The summed E-state index contributed by atoms with van der Waals surface area (Å²) in [5.41, 5.74) is 2.10. The molecule has 0 unspecified atom stereocenters. The minimum atomic E-state index is 0.425. The van der Waals surface area contributed by atoms with Gasteiger partial charge in [0.2, 0.25) is 0 Å². The Bertz CT molecular complexity index is 529. The van der Waals surface area contributed by atoms with Crippen LogP contribution in [0.1, 0.15) is 11.1 Å². The van der Waals surface area contributed by atoms with Crippen molar-refractivity contribution >= 4 is 23.2 Å². The molecule has 0 aliphatic heterocycles. The Balaban J connectivity index is 2.09. The highest BCUT2D eigenvalue weighted by Gasteiger charge is 2.03. The molecule has 88 valence electrons. The average Bonchev–Trinajstić information content (AvgIpc) is 2.30. The maximum atomic E-state index is 5.99. The van der Waals surface area contributed by atoms with Gasteiger partial charge < -0.3 is 4.74 Å². The molecular weight excluding hydrogens is 257 g/mol. The van der Waals surface area contributed by atoms with Gasteiger partial charge in [-0.1, -0.05) is 23.2 Å². The largest absolute Gasteiger partial charge is 0.487 e. The third-order valence-electron chi connectivity index (χ3n) is 2.22. The molecule has 0 amide bonds. The predicted octanol–water partition coefficient (Wildman–Crippen LogP) is 4.28. The zero-order valence-corrected chi connectivity index (χ0v) is 10.8. The minimum absolute atomic E-state index is 0.425. The fourth-order valence-corrected chi connectivity index (χ4v) is 1.78. The van der Waals surface area contributed by atoms with Crippen molar-refractivity contribution in [2.45, 2.75) is 13.5 Å². The summed E-state index contributed by atoms with van der Waals surface area (Å²) in [7, 11) is 0. The third kappa shape index (κ3) is 3.35. The van der Waals surface area contributed by atoms with Gasteiger partial charge in [0.15, 0.2) is 0 Å². The van der Waals surface area contributed by atoms with Crippen LogP contribution in [0.3, 0.4) is 0 Å². The van der Waals surface area contributed by atoms with Gasteiger partial charge in [-0.3, -0.25) is 4.98 Å². The van der Waals surface area contributed by atoms with Crippen LogP contribution in [0.2, 0.25) is 10.0 Å². The smallest absolute Gasteiger partial charge is 0.139 e. The molecule has 2 rings (SSSR count). The van der Waals surface area contributed by atoms with Crippen molar-refractivity contribution in [3.05, 3.63) is 57.8 Å². The van der Waals surface area contributed by atoms with Crippen molar-refractivity contribution in [2.75, 3.05) is 0 Å². The Morgan fingerprint density at radius 2 is 2.00 bits per heavy atom. The molecule has 2 nitrogen and oxygen atoms in total. The van der Waals surface area contributed by atoms with Gasteiger partial charge in [0.05, 0.1) is 5.02 Å². The summed E-state index contributed by atoms with van der Waals surface area (Å²) in [5, 5.41) is 1.15. The van der Waals surface area contributed by atoms with E-state index in [9.17, 15) is 0 Å². The third-order valence-corrected chi connectivity index (χ3v) is 2.77. The lowest BCUT2D eigenvalue weighted by Gasteiger charge is -2.08. The quantitative estimate of drug-likeness (QED) is 0.829. The van der Waals surface area contributed by atoms with E-state index in [4.69, 9.17) is 27.9 Å². The summed E-state index contributed by atoms with van der Waals surface area (Å²) < 4.78 is 5.60. The van der Waals surface area contributed by atoms with Gasteiger partial charge in [-0.05, 0) is 30.7 Å². The van der Waals surface area contributed by atoms with Crippen molar-refractivity contribution in [1.82, 2.24) is 4.98 Å². The summed E-state index contributed by atoms with van der Waals surface area (Å²) in [6.45, 7) is 2.41. The summed E-state index contributed by atoms with van der Waals surface area (Å²) in [4.78, 5) is 4.10. The molecule has 0 N–H and O–H groups in total. The number of hydrogen-bond donors (Lipinski definition) is 0. The van der Waals surface area contributed by atoms with Crippen LogP contribution in [0.15, 0.2) is 36.7 Å². The maximum Gasteiger partial charge on any atom is 0.139 e. The van der Waals surface area contributed by atoms with Crippen molar-refractivity contribution in [1.29, 1.82) is 0 Å². The highest BCUT2D eigenvalue weighted by Crippen LogP contribution is 2.28. The first-order chi connectivity index (χ1) is 8.15. The molecule has 1 aromatic carbocycles. The Labute approximate surface area is 110 Å². The molecule has 0 saturated heterocycles. The highest BCUT2D eigenvalue weighted by molar-refractivity contribution is 6.34. The Hall–Kier alpha value is -1.25. The van der Waals surface area contributed by atoms with Crippen LogP contribution in [0.5, 0.6) is 5.75 Å². The van der Waals surface area contributed by atoms with E-state index in [0.29, 0.717) is 22.4 Å². The number of ether oxygens (including phenoxy) is 1. The van der Waals surface area contributed by atoms with E-state index in [0.717, 1.165) is 11.1 Å². The van der Waals surface area contributed by atoms with Gasteiger partial charge in [-0.25, -0.2) is 0 Å². The number of aromatic nitrogens is 1. The number of halogens is 2. The maximum absolute atomic E-state index is 5.99. The van der Waals surface area contributed by atoms with E-state index < -0.39 is 0 Å². The molecule has 0 bridgehead atoms. The number of nitrogens with zero attached hydrogens (tertiary/aromatic N) is 1. The summed E-state index contributed by atoms with van der Waals surface area (Å²) in [6.07, 6.45) is 3.57. The molecule has 17 heavy (non-hydrogen) atoms. The lowest BCUT2D eigenvalue weighted by Crippen LogP contribution is -1.97. The first kappa shape index (κ1) is 12.2. The minimum Gasteiger partial charge on any atom is -0.487 e. The zero-order chi connectivity index (χ0) is 12.3. The number of pyridine rings is 1. The molecule has 0 saturated carbocycles. The molecule has 1 heterocycles. The Kier molecular flexibility index (Phi) is 3.87. The van der Waals surface area contributed by atoms with Crippen molar-refractivity contribution in [3.8, 4) is 5.75 Å². The SMILES string of the molecule is Cc1cncc(COc2cc(Cl)ccc2Cl)c1. The number of rotatable bonds is 3. The second-order valence-electron chi connectivity index (χ2n) is 3.73. The number of benzene rings is 1. The lowest BCUT2D eigenvalue weighted by molar-refractivity contribution is 0.306. The zero-order valence-electron chi connectivity index (χ0n) is 9.28. The molecule has 2 aromatic rings. The average molecular weight is 268 g/mol. The van der Waals surface area contributed by atoms with Gasteiger partial charge in [-0.15, -0.1) is 0 Å². The summed E-state index contributed by atoms with van der Waals surface area (Å²) >= 11 is 11.9. The highest BCUT2D eigenvalue weighted by atomic mass is 35.5. The van der Waals surface area contributed by atoms with E-state index >= 15 is 0 Å². The summed E-state index contributed by atoms with van der Waals surface area (Å²) in [5.74, 6) is 0.584. The van der Waals surface area contributed by atoms with Gasteiger partial charge in [0, 0.05) is 29.0 Å². The summed E-state index contributed by atoms with van der Waals surface area (Å²) in [6, 6.07) is 7.16. The molecule has 0 fully saturated rings. The number of aryl methyl sites for hydroxylation is 1. The Morgan fingerprint density at radius 1 is 1.18 bits per heavy atom. The second kappa shape index (κ2) is 5.39. The molecule has 0 aliphatic rings. The fraction of sp³-hybridized carbons (Fsp3) is 0.154. The van der Waals surface area contributed by atoms with Crippen LogP contribution in [-0.4, -0.2) is 4.98 Å². The Morgan fingerprint density at radius 3 is 2.76 bits per heavy atom. The molecule has 0 aliphatic carbocycles. The van der Waals surface area contributed by atoms with Crippen molar-refractivity contribution in [3.63, 3.8) is 0 Å². The van der Waals surface area contributed by atoms with E-state index in [2.05, 4.69) is 4.98 Å². The molecule has 0 atom stereocenters. The van der Waals surface area contributed by atoms with E-state index in [1.165, 1.54) is 0 Å². The van der Waals surface area contributed by atoms with Gasteiger partial charge in [0.25, 0.3) is 0 Å². The standard InChI is InChI=1S/C13H11Cl2NO/c1-9-4-10(7-16-6-9)8-17-13-5-11(14)2-3-12(13)15/h2-7H,8H2,1H3. The normalized spacial score (nSPS) is 10.3. The van der Waals surface area contributed by atoms with E-state index in [1.54, 1.807) is 30.6 Å². The van der Waals surface area contributed by atoms with Crippen LogP contribution < -0.4 is 4.74 Å². The fourth-order valence-electron chi connectivity index (χ4n) is 1.45. The van der Waals surface area contributed by atoms with Crippen LogP contribution >= 0.6 is 23.2 Å². The van der Waals surface area contributed by atoms with E-state index in [-0.39, 0.29) is 0 Å².